The summed E-state index contributed by atoms with van der Waals surface area (Å²) in [6.07, 6.45) is -11.0. The van der Waals surface area contributed by atoms with E-state index in [9.17, 15) is 39.5 Å². The van der Waals surface area contributed by atoms with Gasteiger partial charge >= 0.3 is 18.9 Å². The van der Waals surface area contributed by atoms with Crippen molar-refractivity contribution in [3.63, 3.8) is 0 Å². The van der Waals surface area contributed by atoms with E-state index in [-0.39, 0.29) is 18.2 Å². The molecule has 34 heavy (non-hydrogen) atoms. The minimum Gasteiger partial charge on any atom is -0.554 e. The van der Waals surface area contributed by atoms with Gasteiger partial charge in [-0.1, -0.05) is 33.5 Å². The Morgan fingerprint density at radius 3 is 1.47 bits per heavy atom. The van der Waals surface area contributed by atoms with Crippen molar-refractivity contribution in [2.24, 2.45) is 0 Å². The lowest BCUT2D eigenvalue weighted by atomic mass is 9.46. The molecule has 0 bridgehead atoms. The topological polar surface area (TPSA) is 18.5 Å². The van der Waals surface area contributed by atoms with E-state index in [2.05, 4.69) is 15.9 Å². The first-order chi connectivity index (χ1) is 15.2. The Morgan fingerprint density at radius 2 is 1.09 bits per heavy atom. The van der Waals surface area contributed by atoms with Crippen molar-refractivity contribution < 1.29 is 53.2 Å². The maximum atomic E-state index is 15.3. The van der Waals surface area contributed by atoms with E-state index in [0.717, 1.165) is 0 Å². The van der Waals surface area contributed by atoms with E-state index < -0.39 is 79.9 Å². The van der Waals surface area contributed by atoms with Crippen LogP contribution in [0.5, 0.6) is 0 Å². The van der Waals surface area contributed by atoms with Gasteiger partial charge in [0.1, 0.15) is 34.4 Å². The Bertz CT molecular complexity index is 1120. The smallest absolute Gasteiger partial charge is 0.422 e. The van der Waals surface area contributed by atoms with Gasteiger partial charge in [0.25, 0.3) is 0 Å². The van der Waals surface area contributed by atoms with Gasteiger partial charge in [0.15, 0.2) is 0 Å². The van der Waals surface area contributed by atoms with E-state index >= 15 is 4.39 Å². The third-order valence-corrected chi connectivity index (χ3v) is 6.68. The van der Waals surface area contributed by atoms with Crippen molar-refractivity contribution in [3.05, 3.63) is 57.1 Å². The van der Waals surface area contributed by atoms with Gasteiger partial charge in [-0.05, 0) is 38.2 Å². The van der Waals surface area contributed by atoms with Crippen LogP contribution < -0.4 is 10.9 Å². The van der Waals surface area contributed by atoms with E-state index in [0.29, 0.717) is 0 Å². The summed E-state index contributed by atoms with van der Waals surface area (Å²) in [6.45, 7) is 1.64. The molecule has 0 aromatic heterocycles. The molecule has 14 heteroatoms. The van der Waals surface area contributed by atoms with E-state index in [1.807, 2.05) is 0 Å². The monoisotopic (exact) mass is 567 g/mol. The van der Waals surface area contributed by atoms with Crippen molar-refractivity contribution in [3.8, 4) is 0 Å². The molecule has 0 unspecified atom stereocenters. The molecule has 1 saturated heterocycles. The van der Waals surface area contributed by atoms with Gasteiger partial charge in [-0.2, -0.15) is 26.3 Å². The van der Waals surface area contributed by atoms with Crippen LogP contribution in [-0.4, -0.2) is 17.8 Å². The Balaban J connectivity index is 2.47. The molecular formula is C20H15BBrF10O2-. The molecule has 2 nitrogen and oxygen atoms in total. The third kappa shape index (κ3) is 4.11. The lowest BCUT2D eigenvalue weighted by Crippen LogP contribution is -2.63. The van der Waals surface area contributed by atoms with Crippen molar-refractivity contribution in [1.29, 1.82) is 0 Å². The fraction of sp³-hybridized carbons (Fsp3) is 0.400. The van der Waals surface area contributed by atoms with Crippen molar-refractivity contribution in [2.75, 3.05) is 0 Å². The maximum Gasteiger partial charge on any atom is 0.422 e. The zero-order valence-corrected chi connectivity index (χ0v) is 19.4. The van der Waals surface area contributed by atoms with Gasteiger partial charge in [0.2, 0.25) is 0 Å². The molecule has 0 amide bonds. The van der Waals surface area contributed by atoms with Gasteiger partial charge in [-0.3, -0.25) is 0 Å². The van der Waals surface area contributed by atoms with Crippen LogP contribution in [0, 0.1) is 23.3 Å². The molecule has 0 radical (unpaired) electrons. The van der Waals surface area contributed by atoms with Crippen molar-refractivity contribution >= 4 is 33.4 Å². The molecule has 1 heterocycles. The number of rotatable bonds is 2. The molecule has 1 aliphatic heterocycles. The van der Waals surface area contributed by atoms with Crippen LogP contribution in [0.3, 0.4) is 0 Å². The standard InChI is InChI=1S/C20H15BBrF10O2/c1-17(2)18(3,4)34-21(33-17,8-5-10(23)13(11(24)6-8)19(27,28)29)15-9(22)7-12(25)14(16(15)26)20(30,31)32/h5-7H,1-4H3/q-1. The fourth-order valence-electron chi connectivity index (χ4n) is 3.85. The second kappa shape index (κ2) is 7.85. The molecule has 2 aromatic carbocycles. The van der Waals surface area contributed by atoms with Crippen LogP contribution >= 0.6 is 15.9 Å². The fourth-order valence-corrected chi connectivity index (χ4v) is 4.53. The summed E-state index contributed by atoms with van der Waals surface area (Å²) >= 11 is 2.74. The molecule has 0 saturated carbocycles. The Labute approximate surface area is 195 Å². The van der Waals surface area contributed by atoms with Crippen LogP contribution in [0.4, 0.5) is 43.9 Å². The summed E-state index contributed by atoms with van der Waals surface area (Å²) < 4.78 is 149. The summed E-state index contributed by atoms with van der Waals surface area (Å²) in [5, 5.41) is 0. The molecule has 3 rings (SSSR count). The van der Waals surface area contributed by atoms with Crippen LogP contribution in [0.25, 0.3) is 0 Å². The summed E-state index contributed by atoms with van der Waals surface area (Å²) in [6, 6.07) is 0.546. The molecule has 188 valence electrons. The second-order valence-corrected chi connectivity index (χ2v) is 9.62. The highest BCUT2D eigenvalue weighted by molar-refractivity contribution is 9.10. The van der Waals surface area contributed by atoms with Gasteiger partial charge in [0, 0.05) is 11.2 Å². The Morgan fingerprint density at radius 1 is 0.706 bits per heavy atom. The first-order valence-electron chi connectivity index (χ1n) is 9.52. The molecule has 0 spiro atoms. The maximum absolute atomic E-state index is 15.3. The van der Waals surface area contributed by atoms with Crippen molar-refractivity contribution in [2.45, 2.75) is 51.2 Å². The van der Waals surface area contributed by atoms with Gasteiger partial charge < -0.3 is 9.31 Å². The minimum absolute atomic E-state index is 0.145. The Hall–Kier alpha value is -1.80. The third-order valence-electron chi connectivity index (χ3n) is 6.03. The van der Waals surface area contributed by atoms with Crippen LogP contribution in [0.2, 0.25) is 0 Å². The molecule has 0 atom stereocenters. The quantitative estimate of drug-likeness (QED) is 0.318. The minimum atomic E-state index is -5.54. The number of benzene rings is 2. The molecular weight excluding hydrogens is 553 g/mol. The predicted molar refractivity (Wildman–Crippen MR) is 106 cm³/mol. The van der Waals surface area contributed by atoms with Crippen LogP contribution in [0.1, 0.15) is 38.8 Å². The molecule has 0 N–H and O–H groups in total. The lowest BCUT2D eigenvalue weighted by Gasteiger charge is -2.40. The molecule has 0 aliphatic carbocycles. The summed E-state index contributed by atoms with van der Waals surface area (Å²) in [7, 11) is 0. The van der Waals surface area contributed by atoms with Crippen molar-refractivity contribution in [1.82, 2.24) is 0 Å². The molecule has 1 aliphatic rings. The van der Waals surface area contributed by atoms with E-state index in [1.165, 1.54) is 27.7 Å². The van der Waals surface area contributed by atoms with E-state index in [1.54, 1.807) is 0 Å². The highest BCUT2D eigenvalue weighted by atomic mass is 79.9. The normalized spacial score (nSPS) is 19.5. The van der Waals surface area contributed by atoms with E-state index in [4.69, 9.17) is 9.31 Å². The Kier molecular flexibility index (Phi) is 6.19. The van der Waals surface area contributed by atoms with Gasteiger partial charge in [-0.25, -0.2) is 17.6 Å². The largest absolute Gasteiger partial charge is 0.554 e. The lowest BCUT2D eigenvalue weighted by molar-refractivity contribution is -0.143. The highest BCUT2D eigenvalue weighted by Crippen LogP contribution is 2.44. The molecule has 1 fully saturated rings. The highest BCUT2D eigenvalue weighted by Gasteiger charge is 2.56. The summed E-state index contributed by atoms with van der Waals surface area (Å²) in [5.41, 5.74) is -9.52. The van der Waals surface area contributed by atoms with Crippen LogP contribution in [0.15, 0.2) is 22.7 Å². The number of hydrogen-bond donors (Lipinski definition) is 0. The number of halogens is 11. The zero-order chi connectivity index (χ0) is 26.2. The average molecular weight is 568 g/mol. The zero-order valence-electron chi connectivity index (χ0n) is 17.8. The summed E-state index contributed by atoms with van der Waals surface area (Å²) in [4.78, 5) is 0. The van der Waals surface area contributed by atoms with Gasteiger partial charge in [-0.15, -0.1) is 5.46 Å². The number of hydrogen-bond acceptors (Lipinski definition) is 2. The first-order valence-corrected chi connectivity index (χ1v) is 10.3. The average Bonchev–Trinajstić information content (AvgIpc) is 2.76. The number of alkyl halides is 6. The van der Waals surface area contributed by atoms with Gasteiger partial charge in [0.05, 0.1) is 0 Å². The van der Waals surface area contributed by atoms with Crippen LogP contribution in [-0.2, 0) is 21.7 Å². The SMILES string of the molecule is CC1(C)O[B-](c2cc(F)c(C(F)(F)F)c(F)c2)(c2c(Br)cc(F)c(C(F)(F)F)c2F)OC1(C)C. The summed E-state index contributed by atoms with van der Waals surface area (Å²) in [5.74, 6) is -8.48. The predicted octanol–water partition coefficient (Wildman–Crippen LogP) is 6.20. The molecule has 2 aromatic rings. The first kappa shape index (κ1) is 26.8. The second-order valence-electron chi connectivity index (χ2n) is 8.77.